The minimum absolute atomic E-state index is 0.0392. The smallest absolute Gasteiger partial charge is 0.257 e. The van der Waals surface area contributed by atoms with Crippen molar-refractivity contribution in [2.75, 3.05) is 7.11 Å². The van der Waals surface area contributed by atoms with Crippen LogP contribution in [0, 0.1) is 9.39 Å². The normalized spacial score (nSPS) is 10.1. The van der Waals surface area contributed by atoms with Gasteiger partial charge in [0.1, 0.15) is 12.4 Å². The van der Waals surface area contributed by atoms with Crippen molar-refractivity contribution >= 4 is 45.8 Å². The number of hydrogen-bond donors (Lipinski definition) is 2. The number of nitrogens with two attached hydrogens (primary N) is 1. The molecular formula is C16H14FIN2O3S. The summed E-state index contributed by atoms with van der Waals surface area (Å²) in [4.78, 5) is 12.0. The number of hydrogen-bond acceptors (Lipinski definition) is 4. The van der Waals surface area contributed by atoms with Gasteiger partial charge in [0.05, 0.1) is 10.7 Å². The van der Waals surface area contributed by atoms with Gasteiger partial charge < -0.3 is 15.2 Å². The molecule has 5 nitrogen and oxygen atoms in total. The molecular weight excluding hydrogens is 446 g/mol. The van der Waals surface area contributed by atoms with E-state index in [-0.39, 0.29) is 17.5 Å². The molecule has 24 heavy (non-hydrogen) atoms. The third-order valence-electron chi connectivity index (χ3n) is 3.06. The van der Waals surface area contributed by atoms with Gasteiger partial charge in [-0.15, -0.1) is 0 Å². The first-order valence-electron chi connectivity index (χ1n) is 6.77. The zero-order valence-electron chi connectivity index (χ0n) is 12.6. The van der Waals surface area contributed by atoms with Gasteiger partial charge in [-0.1, -0.05) is 18.2 Å². The average Bonchev–Trinajstić information content (AvgIpc) is 2.53. The second-order valence-corrected chi connectivity index (χ2v) is 6.29. The van der Waals surface area contributed by atoms with E-state index in [1.165, 1.54) is 19.2 Å². The summed E-state index contributed by atoms with van der Waals surface area (Å²) in [5.41, 5.74) is 6.05. The molecule has 0 saturated carbocycles. The quantitative estimate of drug-likeness (QED) is 0.531. The zero-order chi connectivity index (χ0) is 17.7. The second kappa shape index (κ2) is 8.25. The van der Waals surface area contributed by atoms with Crippen LogP contribution in [0.15, 0.2) is 36.4 Å². The third-order valence-corrected chi connectivity index (χ3v) is 3.96. The molecule has 1 amide bonds. The summed E-state index contributed by atoms with van der Waals surface area (Å²) < 4.78 is 25.3. The number of thiocarbonyl (C=S) groups is 1. The van der Waals surface area contributed by atoms with Crippen LogP contribution >= 0.6 is 34.8 Å². The van der Waals surface area contributed by atoms with Crippen molar-refractivity contribution in [3.8, 4) is 11.5 Å². The fraction of sp³-hybridized carbons (Fsp3) is 0.125. The maximum Gasteiger partial charge on any atom is 0.257 e. The van der Waals surface area contributed by atoms with Gasteiger partial charge in [-0.3, -0.25) is 10.1 Å². The van der Waals surface area contributed by atoms with Crippen LogP contribution in [-0.4, -0.2) is 18.1 Å². The number of halogens is 2. The molecule has 0 spiro atoms. The van der Waals surface area contributed by atoms with Crippen LogP contribution in [0.5, 0.6) is 11.5 Å². The third kappa shape index (κ3) is 4.54. The maximum atomic E-state index is 13.7. The van der Waals surface area contributed by atoms with Gasteiger partial charge in [-0.05, 0) is 53.0 Å². The van der Waals surface area contributed by atoms with E-state index in [1.54, 1.807) is 24.3 Å². The first-order chi connectivity index (χ1) is 11.4. The lowest BCUT2D eigenvalue weighted by Crippen LogP contribution is -2.34. The number of ether oxygens (including phenoxy) is 2. The van der Waals surface area contributed by atoms with Gasteiger partial charge in [-0.2, -0.15) is 0 Å². The van der Waals surface area contributed by atoms with Crippen LogP contribution in [0.3, 0.4) is 0 Å². The monoisotopic (exact) mass is 460 g/mol. The Balaban J connectivity index is 2.25. The number of benzene rings is 2. The molecule has 2 aromatic carbocycles. The lowest BCUT2D eigenvalue weighted by Gasteiger charge is -2.14. The van der Waals surface area contributed by atoms with E-state index in [2.05, 4.69) is 17.5 Å². The molecule has 2 rings (SSSR count). The maximum absolute atomic E-state index is 13.7. The van der Waals surface area contributed by atoms with E-state index in [0.717, 1.165) is 0 Å². The van der Waals surface area contributed by atoms with Crippen molar-refractivity contribution in [2.45, 2.75) is 6.61 Å². The van der Waals surface area contributed by atoms with E-state index in [0.29, 0.717) is 26.2 Å². The molecule has 0 aliphatic carbocycles. The summed E-state index contributed by atoms with van der Waals surface area (Å²) in [6.07, 6.45) is 0. The standard InChI is InChI=1S/C16H14FIN2O3S/c1-22-13-7-10(15(21)20-16(19)24)6-12(18)14(13)23-8-9-4-2-3-5-11(9)17/h2-7H,8H2,1H3,(H3,19,20,21,24). The molecule has 0 atom stereocenters. The number of carbonyl (C=O) groups excluding carboxylic acids is 1. The molecule has 0 aliphatic heterocycles. The highest BCUT2D eigenvalue weighted by molar-refractivity contribution is 14.1. The van der Waals surface area contributed by atoms with Crippen molar-refractivity contribution < 1.29 is 18.7 Å². The molecule has 0 aromatic heterocycles. The van der Waals surface area contributed by atoms with Crippen LogP contribution in [-0.2, 0) is 6.61 Å². The first-order valence-corrected chi connectivity index (χ1v) is 8.25. The fourth-order valence-electron chi connectivity index (χ4n) is 1.94. The first kappa shape index (κ1) is 18.4. The highest BCUT2D eigenvalue weighted by Crippen LogP contribution is 2.34. The number of methoxy groups -OCH3 is 1. The van der Waals surface area contributed by atoms with Crippen molar-refractivity contribution in [1.29, 1.82) is 0 Å². The second-order valence-electron chi connectivity index (χ2n) is 4.69. The van der Waals surface area contributed by atoms with Gasteiger partial charge in [0.15, 0.2) is 16.6 Å². The molecule has 0 unspecified atom stereocenters. The van der Waals surface area contributed by atoms with Gasteiger partial charge in [0.2, 0.25) is 0 Å². The Hall–Kier alpha value is -1.94. The minimum Gasteiger partial charge on any atom is -0.493 e. The van der Waals surface area contributed by atoms with Gasteiger partial charge in [0, 0.05) is 11.1 Å². The Morgan fingerprint density at radius 1 is 1.38 bits per heavy atom. The van der Waals surface area contributed by atoms with Crippen molar-refractivity contribution in [1.82, 2.24) is 5.32 Å². The average molecular weight is 460 g/mol. The SMILES string of the molecule is COc1cc(C(=O)NC(N)=S)cc(I)c1OCc1ccccc1F. The van der Waals surface area contributed by atoms with Crippen LogP contribution in [0.1, 0.15) is 15.9 Å². The lowest BCUT2D eigenvalue weighted by molar-refractivity contribution is 0.0977. The minimum atomic E-state index is -0.445. The predicted molar refractivity (Wildman–Crippen MR) is 101 cm³/mol. The number of nitrogens with one attached hydrogen (secondary N) is 1. The fourth-order valence-corrected chi connectivity index (χ4v) is 2.79. The van der Waals surface area contributed by atoms with Gasteiger partial charge >= 0.3 is 0 Å². The summed E-state index contributed by atoms with van der Waals surface area (Å²) >= 11 is 6.66. The molecule has 0 saturated heterocycles. The highest BCUT2D eigenvalue weighted by Gasteiger charge is 2.16. The highest BCUT2D eigenvalue weighted by atomic mass is 127. The predicted octanol–water partition coefficient (Wildman–Crippen LogP) is 2.99. The Morgan fingerprint density at radius 2 is 2.08 bits per heavy atom. The molecule has 0 aliphatic rings. The lowest BCUT2D eigenvalue weighted by atomic mass is 10.2. The van der Waals surface area contributed by atoms with E-state index in [4.69, 9.17) is 15.2 Å². The number of amides is 1. The van der Waals surface area contributed by atoms with E-state index in [9.17, 15) is 9.18 Å². The zero-order valence-corrected chi connectivity index (χ0v) is 15.6. The molecule has 0 radical (unpaired) electrons. The van der Waals surface area contributed by atoms with Gasteiger partial charge in [0.25, 0.3) is 5.91 Å². The van der Waals surface area contributed by atoms with Crippen LogP contribution in [0.2, 0.25) is 0 Å². The van der Waals surface area contributed by atoms with Crippen molar-refractivity contribution in [3.63, 3.8) is 0 Å². The summed E-state index contributed by atoms with van der Waals surface area (Å²) in [5, 5.41) is 2.23. The summed E-state index contributed by atoms with van der Waals surface area (Å²) in [5.74, 6) is -0.0159. The summed E-state index contributed by atoms with van der Waals surface area (Å²) in [6.45, 7) is 0.0392. The van der Waals surface area contributed by atoms with Crippen LogP contribution in [0.25, 0.3) is 0 Å². The number of rotatable bonds is 5. The van der Waals surface area contributed by atoms with Crippen LogP contribution in [0.4, 0.5) is 4.39 Å². The Bertz CT molecular complexity index is 786. The van der Waals surface area contributed by atoms with E-state index >= 15 is 0 Å². The molecule has 126 valence electrons. The van der Waals surface area contributed by atoms with E-state index < -0.39 is 5.91 Å². The Morgan fingerprint density at radius 3 is 2.71 bits per heavy atom. The summed E-state index contributed by atoms with van der Waals surface area (Å²) in [7, 11) is 1.45. The molecule has 0 heterocycles. The summed E-state index contributed by atoms with van der Waals surface area (Å²) in [6, 6.07) is 9.45. The molecule has 0 bridgehead atoms. The van der Waals surface area contributed by atoms with Crippen molar-refractivity contribution in [3.05, 3.63) is 56.9 Å². The van der Waals surface area contributed by atoms with E-state index in [1.807, 2.05) is 22.6 Å². The molecule has 3 N–H and O–H groups in total. The number of carbonyl (C=O) groups is 1. The Kier molecular flexibility index (Phi) is 6.32. The van der Waals surface area contributed by atoms with Crippen LogP contribution < -0.4 is 20.5 Å². The Labute approximate surface area is 157 Å². The van der Waals surface area contributed by atoms with Gasteiger partial charge in [-0.25, -0.2) is 4.39 Å². The topological polar surface area (TPSA) is 73.6 Å². The molecule has 2 aromatic rings. The van der Waals surface area contributed by atoms with Crippen molar-refractivity contribution in [2.24, 2.45) is 5.73 Å². The molecule has 8 heteroatoms. The largest absolute Gasteiger partial charge is 0.493 e. The molecule has 0 fully saturated rings.